The molecule has 0 amide bonds. The van der Waals surface area contributed by atoms with Gasteiger partial charge in [-0.3, -0.25) is 0 Å². The van der Waals surface area contributed by atoms with Crippen molar-refractivity contribution in [3.8, 4) is 5.75 Å². The third-order valence-electron chi connectivity index (χ3n) is 3.74. The van der Waals surface area contributed by atoms with Crippen molar-refractivity contribution in [2.45, 2.75) is 50.1 Å². The summed E-state index contributed by atoms with van der Waals surface area (Å²) in [4.78, 5) is 0.232. The van der Waals surface area contributed by atoms with E-state index in [4.69, 9.17) is 10.5 Å². The lowest BCUT2D eigenvalue weighted by Crippen LogP contribution is -2.34. The van der Waals surface area contributed by atoms with E-state index in [0.717, 1.165) is 31.2 Å². The Hall–Kier alpha value is -1.11. The van der Waals surface area contributed by atoms with Crippen LogP contribution in [0.25, 0.3) is 0 Å². The molecule has 2 rings (SSSR count). The van der Waals surface area contributed by atoms with Crippen LogP contribution < -0.4 is 10.5 Å². The van der Waals surface area contributed by atoms with Crippen LogP contribution in [-0.4, -0.2) is 32.4 Å². The van der Waals surface area contributed by atoms with Crippen molar-refractivity contribution in [3.05, 3.63) is 23.8 Å². The van der Waals surface area contributed by atoms with E-state index < -0.39 is 10.0 Å². The average molecular weight is 312 g/mol. The Morgan fingerprint density at radius 1 is 1.38 bits per heavy atom. The number of sulfonamides is 1. The molecule has 1 saturated carbocycles. The second kappa shape index (κ2) is 6.77. The highest BCUT2D eigenvalue weighted by atomic mass is 32.2. The standard InChI is InChI=1S/C15H24N2O3S/c1-3-4-9-17(13-6-7-13)21(18,19)15-10-12(11-16)5-8-14(15)20-2/h5,8,10,13H,3-4,6-7,9,11,16H2,1-2H3. The fourth-order valence-electron chi connectivity index (χ4n) is 2.35. The molecular weight excluding hydrogens is 288 g/mol. The lowest BCUT2D eigenvalue weighted by atomic mass is 10.2. The Morgan fingerprint density at radius 3 is 2.62 bits per heavy atom. The summed E-state index contributed by atoms with van der Waals surface area (Å²) in [6, 6.07) is 5.26. The molecule has 0 radical (unpaired) electrons. The van der Waals surface area contributed by atoms with E-state index in [9.17, 15) is 8.42 Å². The maximum Gasteiger partial charge on any atom is 0.247 e. The largest absolute Gasteiger partial charge is 0.495 e. The number of hydrogen-bond donors (Lipinski definition) is 1. The van der Waals surface area contributed by atoms with Crippen molar-refractivity contribution in [2.75, 3.05) is 13.7 Å². The van der Waals surface area contributed by atoms with Gasteiger partial charge in [-0.25, -0.2) is 8.42 Å². The van der Waals surface area contributed by atoms with Gasteiger partial charge in [0.15, 0.2) is 0 Å². The Labute approximate surface area is 127 Å². The average Bonchev–Trinajstić information content (AvgIpc) is 3.31. The first-order valence-corrected chi connectivity index (χ1v) is 8.87. The summed E-state index contributed by atoms with van der Waals surface area (Å²) < 4.78 is 32.8. The Bertz CT molecular complexity index is 583. The molecule has 0 atom stereocenters. The molecule has 6 heteroatoms. The number of hydrogen-bond acceptors (Lipinski definition) is 4. The second-order valence-corrected chi connectivity index (χ2v) is 7.25. The van der Waals surface area contributed by atoms with Crippen LogP contribution in [0.15, 0.2) is 23.1 Å². The van der Waals surface area contributed by atoms with Gasteiger partial charge in [0.25, 0.3) is 0 Å². The van der Waals surface area contributed by atoms with Crippen molar-refractivity contribution in [1.82, 2.24) is 4.31 Å². The van der Waals surface area contributed by atoms with Crippen molar-refractivity contribution >= 4 is 10.0 Å². The maximum absolute atomic E-state index is 13.0. The van der Waals surface area contributed by atoms with Gasteiger partial charge in [0.1, 0.15) is 10.6 Å². The molecule has 0 aromatic heterocycles. The number of benzene rings is 1. The maximum atomic E-state index is 13.0. The summed E-state index contributed by atoms with van der Waals surface area (Å²) in [6.45, 7) is 2.94. The number of nitrogens with two attached hydrogens (primary N) is 1. The molecule has 1 aliphatic carbocycles. The molecule has 1 aliphatic rings. The molecule has 0 saturated heterocycles. The van der Waals surface area contributed by atoms with E-state index in [1.54, 1.807) is 22.5 Å². The third kappa shape index (κ3) is 3.56. The monoisotopic (exact) mass is 312 g/mol. The van der Waals surface area contributed by atoms with Crippen LogP contribution in [0, 0.1) is 0 Å². The number of nitrogens with zero attached hydrogens (tertiary/aromatic N) is 1. The molecule has 0 unspecified atom stereocenters. The summed E-state index contributed by atoms with van der Waals surface area (Å²) >= 11 is 0. The minimum atomic E-state index is -3.53. The van der Waals surface area contributed by atoms with Crippen LogP contribution in [0.1, 0.15) is 38.2 Å². The summed E-state index contributed by atoms with van der Waals surface area (Å²) in [5, 5.41) is 0. The SMILES string of the molecule is CCCCN(C1CC1)S(=O)(=O)c1cc(CN)ccc1OC. The molecule has 0 spiro atoms. The highest BCUT2D eigenvalue weighted by molar-refractivity contribution is 7.89. The van der Waals surface area contributed by atoms with Gasteiger partial charge in [0.2, 0.25) is 10.0 Å². The molecule has 0 aliphatic heterocycles. The Morgan fingerprint density at radius 2 is 2.10 bits per heavy atom. The predicted molar refractivity (Wildman–Crippen MR) is 82.7 cm³/mol. The fourth-order valence-corrected chi connectivity index (χ4v) is 4.28. The van der Waals surface area contributed by atoms with Crippen LogP contribution in [0.5, 0.6) is 5.75 Å². The van der Waals surface area contributed by atoms with Crippen molar-refractivity contribution in [3.63, 3.8) is 0 Å². The second-order valence-electron chi connectivity index (χ2n) is 5.39. The topological polar surface area (TPSA) is 72.6 Å². The van der Waals surface area contributed by atoms with Gasteiger partial charge in [-0.1, -0.05) is 19.4 Å². The van der Waals surface area contributed by atoms with Gasteiger partial charge in [0.05, 0.1) is 7.11 Å². The zero-order valence-electron chi connectivity index (χ0n) is 12.7. The smallest absolute Gasteiger partial charge is 0.247 e. The minimum Gasteiger partial charge on any atom is -0.495 e. The number of methoxy groups -OCH3 is 1. The highest BCUT2D eigenvalue weighted by Crippen LogP contribution is 2.35. The van der Waals surface area contributed by atoms with E-state index in [2.05, 4.69) is 6.92 Å². The highest BCUT2D eigenvalue weighted by Gasteiger charge is 2.38. The summed E-state index contributed by atoms with van der Waals surface area (Å²) in [6.07, 6.45) is 3.73. The number of ether oxygens (including phenoxy) is 1. The summed E-state index contributed by atoms with van der Waals surface area (Å²) in [5.74, 6) is 0.384. The van der Waals surface area contributed by atoms with Gasteiger partial charge < -0.3 is 10.5 Å². The summed E-state index contributed by atoms with van der Waals surface area (Å²) in [5.41, 5.74) is 6.42. The zero-order chi connectivity index (χ0) is 15.5. The number of rotatable bonds is 8. The molecule has 0 heterocycles. The Balaban J connectivity index is 2.40. The molecule has 0 bridgehead atoms. The first-order valence-electron chi connectivity index (χ1n) is 7.43. The molecule has 2 N–H and O–H groups in total. The van der Waals surface area contributed by atoms with Crippen LogP contribution in [-0.2, 0) is 16.6 Å². The number of unbranched alkanes of at least 4 members (excludes halogenated alkanes) is 1. The minimum absolute atomic E-state index is 0.146. The molecule has 1 fully saturated rings. The van der Waals surface area contributed by atoms with E-state index in [1.165, 1.54) is 7.11 Å². The summed E-state index contributed by atoms with van der Waals surface area (Å²) in [7, 11) is -2.04. The van der Waals surface area contributed by atoms with Gasteiger partial charge in [-0.05, 0) is 37.0 Å². The van der Waals surface area contributed by atoms with Gasteiger partial charge >= 0.3 is 0 Å². The molecule has 1 aromatic carbocycles. The molecule has 21 heavy (non-hydrogen) atoms. The van der Waals surface area contributed by atoms with E-state index in [-0.39, 0.29) is 10.9 Å². The molecular formula is C15H24N2O3S. The van der Waals surface area contributed by atoms with Crippen LogP contribution in [0.4, 0.5) is 0 Å². The van der Waals surface area contributed by atoms with E-state index in [1.807, 2.05) is 0 Å². The molecule has 1 aromatic rings. The van der Waals surface area contributed by atoms with Crippen LogP contribution in [0.3, 0.4) is 0 Å². The van der Waals surface area contributed by atoms with Gasteiger partial charge in [-0.15, -0.1) is 0 Å². The Kier molecular flexibility index (Phi) is 5.24. The normalized spacial score (nSPS) is 15.4. The van der Waals surface area contributed by atoms with Gasteiger partial charge in [0, 0.05) is 19.1 Å². The van der Waals surface area contributed by atoms with Crippen molar-refractivity contribution < 1.29 is 13.2 Å². The van der Waals surface area contributed by atoms with Crippen molar-refractivity contribution in [2.24, 2.45) is 5.73 Å². The zero-order valence-corrected chi connectivity index (χ0v) is 13.5. The fraction of sp³-hybridized carbons (Fsp3) is 0.600. The van der Waals surface area contributed by atoms with Gasteiger partial charge in [-0.2, -0.15) is 4.31 Å². The van der Waals surface area contributed by atoms with E-state index in [0.29, 0.717) is 18.8 Å². The quantitative estimate of drug-likeness (QED) is 0.798. The predicted octanol–water partition coefficient (Wildman–Crippen LogP) is 2.11. The first-order chi connectivity index (χ1) is 10.0. The molecule has 5 nitrogen and oxygen atoms in total. The first kappa shape index (κ1) is 16.3. The molecule has 118 valence electrons. The van der Waals surface area contributed by atoms with E-state index >= 15 is 0 Å². The third-order valence-corrected chi connectivity index (χ3v) is 5.71. The van der Waals surface area contributed by atoms with Crippen LogP contribution in [0.2, 0.25) is 0 Å². The lowest BCUT2D eigenvalue weighted by Gasteiger charge is -2.23. The van der Waals surface area contributed by atoms with Crippen LogP contribution >= 0.6 is 0 Å². The lowest BCUT2D eigenvalue weighted by molar-refractivity contribution is 0.380. The van der Waals surface area contributed by atoms with Crippen molar-refractivity contribution in [1.29, 1.82) is 0 Å².